The Balaban J connectivity index is 2.85. The molecular weight excluding hydrogens is 251 g/mol. The fraction of sp³-hybridized carbons (Fsp3) is 0.429. The van der Waals surface area contributed by atoms with Gasteiger partial charge in [-0.15, -0.1) is 0 Å². The zero-order valence-corrected chi connectivity index (χ0v) is 11.2. The fourth-order valence-electron chi connectivity index (χ4n) is 1.49. The van der Waals surface area contributed by atoms with E-state index in [1.165, 1.54) is 12.1 Å². The zero-order chi connectivity index (χ0) is 14.5. The predicted molar refractivity (Wildman–Crippen MR) is 67.5 cm³/mol. The molecule has 0 aromatic heterocycles. The van der Waals surface area contributed by atoms with Crippen LogP contribution >= 0.6 is 0 Å². The molecule has 0 aliphatic heterocycles. The first-order valence-corrected chi connectivity index (χ1v) is 5.99. The summed E-state index contributed by atoms with van der Waals surface area (Å²) in [5.41, 5.74) is -0.912. The normalized spacial score (nSPS) is 10.9. The molecule has 0 aliphatic carbocycles. The van der Waals surface area contributed by atoms with Gasteiger partial charge in [-0.25, -0.2) is 9.18 Å². The van der Waals surface area contributed by atoms with Gasteiger partial charge >= 0.3 is 5.97 Å². The molecule has 0 amide bonds. The lowest BCUT2D eigenvalue weighted by Crippen LogP contribution is -2.39. The first-order chi connectivity index (χ1) is 8.90. The van der Waals surface area contributed by atoms with Gasteiger partial charge in [0.05, 0.1) is 6.61 Å². The van der Waals surface area contributed by atoms with E-state index in [2.05, 4.69) is 0 Å². The Bertz CT molecular complexity index is 469. The number of carbonyl (C=O) groups excluding carboxylic acids is 2. The van der Waals surface area contributed by atoms with Crippen LogP contribution in [0.3, 0.4) is 0 Å². The Hall–Kier alpha value is -1.91. The number of halogens is 1. The standard InChI is InChI=1S/C14H17FO4/c1-4-18-13(17)14(2,3)19-11-6-5-10(7-8-16)12(15)9-11/h5-6,8-9H,4,7H2,1-3H3. The number of hydrogen-bond donors (Lipinski definition) is 0. The van der Waals surface area contributed by atoms with Gasteiger partial charge in [0.1, 0.15) is 17.9 Å². The van der Waals surface area contributed by atoms with E-state index in [0.29, 0.717) is 6.29 Å². The molecule has 0 N–H and O–H groups in total. The second-order valence-electron chi connectivity index (χ2n) is 4.46. The van der Waals surface area contributed by atoms with Crippen LogP contribution in [0.1, 0.15) is 26.3 Å². The van der Waals surface area contributed by atoms with Gasteiger partial charge in [0.2, 0.25) is 0 Å². The van der Waals surface area contributed by atoms with E-state index >= 15 is 0 Å². The smallest absolute Gasteiger partial charge is 0.349 e. The van der Waals surface area contributed by atoms with Gasteiger partial charge in [-0.05, 0) is 32.4 Å². The number of esters is 1. The van der Waals surface area contributed by atoms with Gasteiger partial charge in [-0.3, -0.25) is 0 Å². The number of carbonyl (C=O) groups is 2. The van der Waals surface area contributed by atoms with E-state index in [4.69, 9.17) is 9.47 Å². The third-order valence-electron chi connectivity index (χ3n) is 2.47. The molecule has 0 bridgehead atoms. The van der Waals surface area contributed by atoms with Crippen molar-refractivity contribution in [1.29, 1.82) is 0 Å². The highest BCUT2D eigenvalue weighted by Crippen LogP contribution is 2.22. The van der Waals surface area contributed by atoms with Crippen molar-refractivity contribution >= 4 is 12.3 Å². The molecule has 0 saturated heterocycles. The maximum atomic E-state index is 13.6. The fourth-order valence-corrected chi connectivity index (χ4v) is 1.49. The minimum Gasteiger partial charge on any atom is -0.476 e. The molecule has 1 rings (SSSR count). The van der Waals surface area contributed by atoms with Crippen molar-refractivity contribution in [3.8, 4) is 5.75 Å². The van der Waals surface area contributed by atoms with E-state index < -0.39 is 17.4 Å². The molecule has 0 unspecified atom stereocenters. The van der Waals surface area contributed by atoms with E-state index in [1.807, 2.05) is 0 Å². The molecule has 0 atom stereocenters. The van der Waals surface area contributed by atoms with E-state index in [9.17, 15) is 14.0 Å². The minimum absolute atomic E-state index is 0.00732. The molecular formula is C14H17FO4. The second-order valence-corrected chi connectivity index (χ2v) is 4.46. The summed E-state index contributed by atoms with van der Waals surface area (Å²) in [6.45, 7) is 5.03. The molecule has 0 radical (unpaired) electrons. The Morgan fingerprint density at radius 3 is 2.63 bits per heavy atom. The summed E-state index contributed by atoms with van der Waals surface area (Å²) in [5, 5.41) is 0. The van der Waals surface area contributed by atoms with Crippen LogP contribution in [0, 0.1) is 5.82 Å². The summed E-state index contributed by atoms with van der Waals surface area (Å²) in [5.74, 6) is -0.846. The zero-order valence-electron chi connectivity index (χ0n) is 11.2. The molecule has 0 saturated carbocycles. The van der Waals surface area contributed by atoms with Crippen molar-refractivity contribution in [2.45, 2.75) is 32.8 Å². The maximum Gasteiger partial charge on any atom is 0.349 e. The van der Waals surface area contributed by atoms with E-state index in [0.717, 1.165) is 6.07 Å². The van der Waals surface area contributed by atoms with E-state index in [1.54, 1.807) is 20.8 Å². The molecule has 4 nitrogen and oxygen atoms in total. The van der Waals surface area contributed by atoms with E-state index in [-0.39, 0.29) is 24.3 Å². The summed E-state index contributed by atoms with van der Waals surface area (Å²) >= 11 is 0. The number of aldehydes is 1. The molecule has 5 heteroatoms. The molecule has 1 aromatic rings. The second kappa shape index (κ2) is 6.31. The summed E-state index contributed by atoms with van der Waals surface area (Å²) in [6, 6.07) is 4.13. The minimum atomic E-state index is -1.20. The van der Waals surface area contributed by atoms with Gasteiger partial charge in [-0.2, -0.15) is 0 Å². The predicted octanol–water partition coefficient (Wildman–Crippen LogP) is 2.29. The SMILES string of the molecule is CCOC(=O)C(C)(C)Oc1ccc(CC=O)c(F)c1. The summed E-state index contributed by atoms with van der Waals surface area (Å²) in [7, 11) is 0. The molecule has 0 heterocycles. The van der Waals surface area contributed by atoms with Gasteiger partial charge in [0.25, 0.3) is 0 Å². The number of ether oxygens (including phenoxy) is 2. The first-order valence-electron chi connectivity index (χ1n) is 5.99. The number of benzene rings is 1. The summed E-state index contributed by atoms with van der Waals surface area (Å²) < 4.78 is 23.9. The number of hydrogen-bond acceptors (Lipinski definition) is 4. The highest BCUT2D eigenvalue weighted by molar-refractivity contribution is 5.79. The van der Waals surface area contributed by atoms with Crippen LogP contribution in [0.15, 0.2) is 18.2 Å². The highest BCUT2D eigenvalue weighted by Gasteiger charge is 2.31. The van der Waals surface area contributed by atoms with Crippen molar-refractivity contribution in [3.63, 3.8) is 0 Å². The summed E-state index contributed by atoms with van der Waals surface area (Å²) in [6.07, 6.45) is 0.634. The van der Waals surface area contributed by atoms with Gasteiger partial charge < -0.3 is 14.3 Å². The van der Waals surface area contributed by atoms with Gasteiger partial charge in [0, 0.05) is 12.5 Å². The molecule has 0 aliphatic rings. The molecule has 1 aromatic carbocycles. The average Bonchev–Trinajstić information content (AvgIpc) is 2.32. The topological polar surface area (TPSA) is 52.6 Å². The van der Waals surface area contributed by atoms with Crippen LogP contribution in [0.25, 0.3) is 0 Å². The van der Waals surface area contributed by atoms with Crippen LogP contribution in [-0.4, -0.2) is 24.5 Å². The van der Waals surface area contributed by atoms with Crippen LogP contribution in [-0.2, 0) is 20.7 Å². The van der Waals surface area contributed by atoms with Crippen LogP contribution in [0.4, 0.5) is 4.39 Å². The lowest BCUT2D eigenvalue weighted by Gasteiger charge is -2.24. The van der Waals surface area contributed by atoms with Crippen molar-refractivity contribution in [1.82, 2.24) is 0 Å². The molecule has 0 spiro atoms. The molecule has 19 heavy (non-hydrogen) atoms. The highest BCUT2D eigenvalue weighted by atomic mass is 19.1. The largest absolute Gasteiger partial charge is 0.476 e. The molecule has 104 valence electrons. The lowest BCUT2D eigenvalue weighted by molar-refractivity contribution is -0.158. The number of rotatable bonds is 6. The van der Waals surface area contributed by atoms with Crippen molar-refractivity contribution in [3.05, 3.63) is 29.6 Å². The Morgan fingerprint density at radius 2 is 2.11 bits per heavy atom. The van der Waals surface area contributed by atoms with Crippen molar-refractivity contribution in [2.24, 2.45) is 0 Å². The Morgan fingerprint density at radius 1 is 1.42 bits per heavy atom. The average molecular weight is 268 g/mol. The third-order valence-corrected chi connectivity index (χ3v) is 2.47. The lowest BCUT2D eigenvalue weighted by atomic mass is 10.1. The first kappa shape index (κ1) is 15.1. The molecule has 0 fully saturated rings. The Kier molecular flexibility index (Phi) is 5.03. The third kappa shape index (κ3) is 4.05. The van der Waals surface area contributed by atoms with Gasteiger partial charge in [0.15, 0.2) is 5.60 Å². The van der Waals surface area contributed by atoms with Crippen molar-refractivity contribution < 1.29 is 23.5 Å². The quantitative estimate of drug-likeness (QED) is 0.586. The van der Waals surface area contributed by atoms with Crippen LogP contribution < -0.4 is 4.74 Å². The van der Waals surface area contributed by atoms with Crippen LogP contribution in [0.5, 0.6) is 5.75 Å². The van der Waals surface area contributed by atoms with Crippen LogP contribution in [0.2, 0.25) is 0 Å². The van der Waals surface area contributed by atoms with Gasteiger partial charge in [-0.1, -0.05) is 6.07 Å². The van der Waals surface area contributed by atoms with Crippen molar-refractivity contribution in [2.75, 3.05) is 6.61 Å². The Labute approximate surface area is 111 Å². The monoisotopic (exact) mass is 268 g/mol. The summed E-state index contributed by atoms with van der Waals surface area (Å²) in [4.78, 5) is 22.0. The maximum absolute atomic E-state index is 13.6.